The summed E-state index contributed by atoms with van der Waals surface area (Å²) in [6, 6.07) is 8.40. The van der Waals surface area contributed by atoms with Gasteiger partial charge in [-0.2, -0.15) is 4.98 Å². The van der Waals surface area contributed by atoms with Crippen molar-refractivity contribution in [2.24, 2.45) is 0 Å². The van der Waals surface area contributed by atoms with Gasteiger partial charge in [-0.1, -0.05) is 45.9 Å². The molecular weight excluding hydrogens is 296 g/mol. The predicted molar refractivity (Wildman–Crippen MR) is 103 cm³/mol. The van der Waals surface area contributed by atoms with Crippen molar-refractivity contribution in [3.63, 3.8) is 0 Å². The third-order valence-electron chi connectivity index (χ3n) is 4.12. The van der Waals surface area contributed by atoms with Gasteiger partial charge in [-0.3, -0.25) is 0 Å². The number of nitrogens with one attached hydrogen (secondary N) is 1. The van der Waals surface area contributed by atoms with Gasteiger partial charge in [-0.05, 0) is 42.9 Å². The largest absolute Gasteiger partial charge is 0.356 e. The normalized spacial score (nSPS) is 10.9. The van der Waals surface area contributed by atoms with Crippen molar-refractivity contribution >= 4 is 17.5 Å². The fourth-order valence-corrected chi connectivity index (χ4v) is 2.92. The molecule has 0 aliphatic carbocycles. The summed E-state index contributed by atoms with van der Waals surface area (Å²) in [5.74, 6) is 2.11. The minimum absolute atomic E-state index is 0.451. The van der Waals surface area contributed by atoms with Gasteiger partial charge in [0.25, 0.3) is 0 Å². The number of rotatable bonds is 8. The predicted octanol–water partition coefficient (Wildman–Crippen LogP) is 5.28. The van der Waals surface area contributed by atoms with Crippen LogP contribution in [0.3, 0.4) is 0 Å². The molecule has 1 N–H and O–H groups in total. The molecule has 4 nitrogen and oxygen atoms in total. The van der Waals surface area contributed by atoms with E-state index in [9.17, 15) is 0 Å². The van der Waals surface area contributed by atoms with E-state index in [2.05, 4.69) is 68.0 Å². The van der Waals surface area contributed by atoms with Crippen LogP contribution in [0, 0.1) is 6.92 Å². The summed E-state index contributed by atoms with van der Waals surface area (Å²) in [4.78, 5) is 11.5. The Morgan fingerprint density at radius 1 is 1.08 bits per heavy atom. The highest BCUT2D eigenvalue weighted by Crippen LogP contribution is 2.29. The molecular formula is C20H30N4. The van der Waals surface area contributed by atoms with Crippen LogP contribution >= 0.6 is 0 Å². The highest BCUT2D eigenvalue weighted by molar-refractivity contribution is 5.64. The molecule has 0 saturated carbocycles. The summed E-state index contributed by atoms with van der Waals surface area (Å²) < 4.78 is 0. The van der Waals surface area contributed by atoms with Crippen LogP contribution in [0.1, 0.15) is 57.6 Å². The number of anilines is 3. The van der Waals surface area contributed by atoms with Gasteiger partial charge < -0.3 is 10.2 Å². The Bertz CT molecular complexity index is 646. The lowest BCUT2D eigenvalue weighted by molar-refractivity contribution is 0.733. The van der Waals surface area contributed by atoms with Crippen LogP contribution in [0.2, 0.25) is 0 Å². The van der Waals surface area contributed by atoms with E-state index in [-0.39, 0.29) is 0 Å². The average molecular weight is 326 g/mol. The first-order valence-electron chi connectivity index (χ1n) is 9.01. The van der Waals surface area contributed by atoms with Crippen molar-refractivity contribution in [2.45, 2.75) is 53.4 Å². The van der Waals surface area contributed by atoms with E-state index in [4.69, 9.17) is 4.98 Å². The fourth-order valence-electron chi connectivity index (χ4n) is 2.92. The molecule has 0 spiro atoms. The summed E-state index contributed by atoms with van der Waals surface area (Å²) in [5.41, 5.74) is 3.64. The van der Waals surface area contributed by atoms with Gasteiger partial charge in [0.2, 0.25) is 5.95 Å². The highest BCUT2D eigenvalue weighted by atomic mass is 15.2. The molecule has 1 aromatic heterocycles. The second kappa shape index (κ2) is 8.67. The first-order chi connectivity index (χ1) is 11.6. The van der Waals surface area contributed by atoms with Gasteiger partial charge in [-0.15, -0.1) is 0 Å². The molecule has 1 aromatic carbocycles. The number of aromatic nitrogens is 2. The third kappa shape index (κ3) is 4.47. The Balaban J connectivity index is 2.30. The lowest BCUT2D eigenvalue weighted by atomic mass is 9.98. The van der Waals surface area contributed by atoms with Crippen molar-refractivity contribution in [2.75, 3.05) is 23.3 Å². The Morgan fingerprint density at radius 2 is 1.79 bits per heavy atom. The third-order valence-corrected chi connectivity index (χ3v) is 4.12. The summed E-state index contributed by atoms with van der Waals surface area (Å²) in [6.45, 7) is 13.0. The van der Waals surface area contributed by atoms with E-state index < -0.39 is 0 Å². The minimum Gasteiger partial charge on any atom is -0.356 e. The summed E-state index contributed by atoms with van der Waals surface area (Å²) in [6.07, 6.45) is 4.07. The molecule has 0 bridgehead atoms. The second-order valence-electron chi connectivity index (χ2n) is 6.54. The molecule has 130 valence electrons. The zero-order valence-electron chi connectivity index (χ0n) is 15.6. The van der Waals surface area contributed by atoms with E-state index in [1.807, 2.05) is 12.3 Å². The van der Waals surface area contributed by atoms with E-state index >= 15 is 0 Å². The lowest BCUT2D eigenvalue weighted by Gasteiger charge is -2.23. The van der Waals surface area contributed by atoms with Crippen LogP contribution in [0.25, 0.3) is 0 Å². The standard InChI is InChI=1S/C20H30N4/c1-6-13-24(14-7-2)18-11-12-21-20(22-18)23-19-16(5)9-8-10-17(19)15(3)4/h8-12,15H,6-7,13-14H2,1-5H3,(H,21,22,23). The first-order valence-corrected chi connectivity index (χ1v) is 9.01. The maximum atomic E-state index is 4.75. The first kappa shape index (κ1) is 18.2. The molecule has 2 aromatic rings. The monoisotopic (exact) mass is 326 g/mol. The number of hydrogen-bond donors (Lipinski definition) is 1. The van der Waals surface area contributed by atoms with E-state index in [0.29, 0.717) is 11.9 Å². The number of nitrogens with zero attached hydrogens (tertiary/aromatic N) is 3. The molecule has 0 fully saturated rings. The summed E-state index contributed by atoms with van der Waals surface area (Å²) in [7, 11) is 0. The molecule has 0 radical (unpaired) electrons. The Hall–Kier alpha value is -2.10. The number of benzene rings is 1. The Morgan fingerprint density at radius 3 is 2.42 bits per heavy atom. The summed E-state index contributed by atoms with van der Waals surface area (Å²) in [5, 5.41) is 3.45. The Kier molecular flexibility index (Phi) is 6.59. The zero-order chi connectivity index (χ0) is 17.5. The molecule has 4 heteroatoms. The van der Waals surface area contributed by atoms with Gasteiger partial charge in [0.05, 0.1) is 0 Å². The van der Waals surface area contributed by atoms with Crippen molar-refractivity contribution < 1.29 is 0 Å². The molecule has 0 unspecified atom stereocenters. The van der Waals surface area contributed by atoms with Crippen molar-refractivity contribution in [3.05, 3.63) is 41.6 Å². The maximum Gasteiger partial charge on any atom is 0.229 e. The van der Waals surface area contributed by atoms with E-state index in [1.165, 1.54) is 11.1 Å². The molecule has 0 amide bonds. The molecule has 2 rings (SSSR count). The van der Waals surface area contributed by atoms with E-state index in [0.717, 1.165) is 37.4 Å². The topological polar surface area (TPSA) is 41.1 Å². The van der Waals surface area contributed by atoms with Gasteiger partial charge in [0, 0.05) is 25.0 Å². The van der Waals surface area contributed by atoms with Gasteiger partial charge in [0.1, 0.15) is 5.82 Å². The van der Waals surface area contributed by atoms with Crippen LogP contribution in [0.4, 0.5) is 17.5 Å². The zero-order valence-corrected chi connectivity index (χ0v) is 15.6. The fraction of sp³-hybridized carbons (Fsp3) is 0.500. The van der Waals surface area contributed by atoms with Crippen LogP contribution in [0.5, 0.6) is 0 Å². The van der Waals surface area contributed by atoms with Crippen molar-refractivity contribution in [1.82, 2.24) is 9.97 Å². The van der Waals surface area contributed by atoms with Gasteiger partial charge in [0.15, 0.2) is 0 Å². The van der Waals surface area contributed by atoms with Crippen LogP contribution < -0.4 is 10.2 Å². The van der Waals surface area contributed by atoms with Crippen LogP contribution in [-0.2, 0) is 0 Å². The van der Waals surface area contributed by atoms with Crippen LogP contribution in [-0.4, -0.2) is 23.1 Å². The SMILES string of the molecule is CCCN(CCC)c1ccnc(Nc2c(C)cccc2C(C)C)n1. The van der Waals surface area contributed by atoms with Crippen LogP contribution in [0.15, 0.2) is 30.5 Å². The number of para-hydroxylation sites is 1. The van der Waals surface area contributed by atoms with Crippen molar-refractivity contribution in [3.8, 4) is 0 Å². The quantitative estimate of drug-likeness (QED) is 0.716. The highest BCUT2D eigenvalue weighted by Gasteiger charge is 2.12. The molecule has 24 heavy (non-hydrogen) atoms. The van der Waals surface area contributed by atoms with Crippen molar-refractivity contribution in [1.29, 1.82) is 0 Å². The van der Waals surface area contributed by atoms with E-state index in [1.54, 1.807) is 0 Å². The summed E-state index contributed by atoms with van der Waals surface area (Å²) >= 11 is 0. The maximum absolute atomic E-state index is 4.75. The van der Waals surface area contributed by atoms with Gasteiger partial charge >= 0.3 is 0 Å². The minimum atomic E-state index is 0.451. The van der Waals surface area contributed by atoms with Gasteiger partial charge in [-0.25, -0.2) is 4.98 Å². The molecule has 1 heterocycles. The molecule has 0 saturated heterocycles. The number of hydrogen-bond acceptors (Lipinski definition) is 4. The second-order valence-corrected chi connectivity index (χ2v) is 6.54. The molecule has 0 aliphatic rings. The number of aryl methyl sites for hydroxylation is 1. The molecule has 0 aliphatic heterocycles. The lowest BCUT2D eigenvalue weighted by Crippen LogP contribution is -2.26. The Labute approximate surface area is 146 Å². The molecule has 0 atom stereocenters. The smallest absolute Gasteiger partial charge is 0.229 e. The average Bonchev–Trinajstić information content (AvgIpc) is 2.56.